The summed E-state index contributed by atoms with van der Waals surface area (Å²) in [7, 11) is 3.20. The molecule has 5 nitrogen and oxygen atoms in total. The van der Waals surface area contributed by atoms with Gasteiger partial charge in [-0.2, -0.15) is 0 Å². The maximum atomic E-state index is 6.15. The van der Waals surface area contributed by atoms with Crippen LogP contribution >= 0.6 is 35.6 Å². The summed E-state index contributed by atoms with van der Waals surface area (Å²) in [6.45, 7) is 2.94. The molecule has 1 rings (SSSR count). The van der Waals surface area contributed by atoms with Crippen molar-refractivity contribution in [2.75, 3.05) is 20.8 Å². The minimum absolute atomic E-state index is 0. The number of nitrogens with one attached hydrogen (secondary N) is 1. The fourth-order valence-corrected chi connectivity index (χ4v) is 1.72. The lowest BCUT2D eigenvalue weighted by molar-refractivity contribution is 0.311. The normalized spacial score (nSPS) is 10.6. The second-order valence-corrected chi connectivity index (χ2v) is 3.91. The number of hydrogen-bond acceptors (Lipinski definition) is 3. The molecule has 0 unspecified atom stereocenters. The van der Waals surface area contributed by atoms with Crippen molar-refractivity contribution in [2.45, 2.75) is 13.5 Å². The van der Waals surface area contributed by atoms with Gasteiger partial charge in [0, 0.05) is 13.6 Å². The van der Waals surface area contributed by atoms with Crippen LogP contribution in [0.5, 0.6) is 11.5 Å². The summed E-state index contributed by atoms with van der Waals surface area (Å²) in [6.07, 6.45) is 0. The summed E-state index contributed by atoms with van der Waals surface area (Å²) in [4.78, 5) is 3.81. The van der Waals surface area contributed by atoms with Gasteiger partial charge in [-0.3, -0.25) is 4.99 Å². The molecule has 0 heterocycles. The van der Waals surface area contributed by atoms with E-state index in [4.69, 9.17) is 26.8 Å². The van der Waals surface area contributed by atoms with E-state index < -0.39 is 0 Å². The van der Waals surface area contributed by atoms with Gasteiger partial charge in [0.2, 0.25) is 0 Å². The number of benzene rings is 1. The van der Waals surface area contributed by atoms with Gasteiger partial charge >= 0.3 is 0 Å². The molecule has 1 aromatic carbocycles. The topological polar surface area (TPSA) is 68.9 Å². The zero-order valence-corrected chi connectivity index (χ0v) is 14.3. The first-order valence-electron chi connectivity index (χ1n) is 5.57. The molecular weight excluding hydrogens is 381 g/mol. The van der Waals surface area contributed by atoms with Gasteiger partial charge in [-0.1, -0.05) is 11.6 Å². The standard InChI is InChI=1S/C12H18ClN3O2.HI/c1-4-18-11-9(13)5-8(6-10(11)17-3)7-16-12(14)15-2;/h5-6H,4,7H2,1-3H3,(H3,14,15,16);1H. The maximum absolute atomic E-state index is 6.15. The number of ether oxygens (including phenoxy) is 2. The molecule has 0 radical (unpaired) electrons. The van der Waals surface area contributed by atoms with E-state index in [0.29, 0.717) is 35.6 Å². The first-order valence-corrected chi connectivity index (χ1v) is 5.95. The lowest BCUT2D eigenvalue weighted by Gasteiger charge is -2.13. The molecule has 19 heavy (non-hydrogen) atoms. The maximum Gasteiger partial charge on any atom is 0.188 e. The monoisotopic (exact) mass is 399 g/mol. The molecule has 0 amide bonds. The Morgan fingerprint density at radius 3 is 2.68 bits per heavy atom. The number of guanidine groups is 1. The zero-order chi connectivity index (χ0) is 13.5. The second-order valence-electron chi connectivity index (χ2n) is 3.50. The van der Waals surface area contributed by atoms with Crippen LogP contribution in [-0.4, -0.2) is 26.7 Å². The molecule has 0 bridgehead atoms. The lowest BCUT2D eigenvalue weighted by Crippen LogP contribution is -2.30. The van der Waals surface area contributed by atoms with Crippen molar-refractivity contribution in [2.24, 2.45) is 10.7 Å². The van der Waals surface area contributed by atoms with E-state index >= 15 is 0 Å². The fraction of sp³-hybridized carbons (Fsp3) is 0.417. The van der Waals surface area contributed by atoms with Gasteiger partial charge in [-0.05, 0) is 24.6 Å². The van der Waals surface area contributed by atoms with E-state index in [0.717, 1.165) is 5.56 Å². The van der Waals surface area contributed by atoms with Gasteiger partial charge in [-0.15, -0.1) is 24.0 Å². The molecule has 0 aliphatic rings. The van der Waals surface area contributed by atoms with Gasteiger partial charge in [0.25, 0.3) is 0 Å². The molecule has 0 saturated heterocycles. The Labute approximate surface area is 135 Å². The minimum Gasteiger partial charge on any atom is -0.493 e. The van der Waals surface area contributed by atoms with E-state index in [9.17, 15) is 0 Å². The van der Waals surface area contributed by atoms with Crippen LogP contribution in [-0.2, 0) is 6.54 Å². The summed E-state index contributed by atoms with van der Waals surface area (Å²) in [5.74, 6) is 1.54. The Bertz CT molecular complexity index is 441. The number of nitrogens with two attached hydrogens (primary N) is 1. The third-order valence-electron chi connectivity index (χ3n) is 2.29. The fourth-order valence-electron chi connectivity index (χ4n) is 1.43. The Morgan fingerprint density at radius 2 is 2.16 bits per heavy atom. The van der Waals surface area contributed by atoms with Crippen LogP contribution in [0.1, 0.15) is 12.5 Å². The van der Waals surface area contributed by atoms with E-state index in [2.05, 4.69) is 10.3 Å². The van der Waals surface area contributed by atoms with Crippen LogP contribution in [0.15, 0.2) is 17.1 Å². The van der Waals surface area contributed by atoms with Crippen LogP contribution in [0.25, 0.3) is 0 Å². The van der Waals surface area contributed by atoms with Crippen molar-refractivity contribution in [3.8, 4) is 11.5 Å². The number of halogens is 2. The molecule has 108 valence electrons. The van der Waals surface area contributed by atoms with E-state index in [1.54, 1.807) is 14.2 Å². The summed E-state index contributed by atoms with van der Waals surface area (Å²) in [5.41, 5.74) is 6.49. The number of nitrogens with zero attached hydrogens (tertiary/aromatic N) is 1. The van der Waals surface area contributed by atoms with Gasteiger partial charge in [0.05, 0.1) is 18.7 Å². The molecule has 0 aromatic heterocycles. The molecule has 0 fully saturated rings. The summed E-state index contributed by atoms with van der Waals surface area (Å²) >= 11 is 6.15. The van der Waals surface area contributed by atoms with Crippen LogP contribution in [0.2, 0.25) is 5.02 Å². The molecule has 7 heteroatoms. The van der Waals surface area contributed by atoms with Crippen molar-refractivity contribution in [3.05, 3.63) is 22.7 Å². The molecule has 0 aliphatic heterocycles. The summed E-state index contributed by atoms with van der Waals surface area (Å²) < 4.78 is 10.7. The number of methoxy groups -OCH3 is 1. The average molecular weight is 400 g/mol. The summed E-state index contributed by atoms with van der Waals surface area (Å²) in [5, 5.41) is 3.47. The third-order valence-corrected chi connectivity index (χ3v) is 2.57. The highest BCUT2D eigenvalue weighted by atomic mass is 127. The third kappa shape index (κ3) is 5.32. The van der Waals surface area contributed by atoms with Crippen molar-refractivity contribution >= 4 is 41.5 Å². The SMILES string of the molecule is CCOc1c(Cl)cc(CNC(N)=NC)cc1OC.I. The van der Waals surface area contributed by atoms with Crippen molar-refractivity contribution in [1.82, 2.24) is 5.32 Å². The van der Waals surface area contributed by atoms with Crippen molar-refractivity contribution in [3.63, 3.8) is 0 Å². The van der Waals surface area contributed by atoms with E-state index in [1.807, 2.05) is 19.1 Å². The average Bonchev–Trinajstić information content (AvgIpc) is 2.38. The molecule has 1 aromatic rings. The predicted octanol–water partition coefficient (Wildman–Crippen LogP) is 2.40. The van der Waals surface area contributed by atoms with Crippen LogP contribution < -0.4 is 20.5 Å². The lowest BCUT2D eigenvalue weighted by atomic mass is 10.2. The smallest absolute Gasteiger partial charge is 0.188 e. The van der Waals surface area contributed by atoms with Gasteiger partial charge in [0.1, 0.15) is 0 Å². The first-order chi connectivity index (χ1) is 8.62. The van der Waals surface area contributed by atoms with Gasteiger partial charge in [0.15, 0.2) is 17.5 Å². The van der Waals surface area contributed by atoms with Crippen molar-refractivity contribution < 1.29 is 9.47 Å². The Hall–Kier alpha value is -0.890. The largest absolute Gasteiger partial charge is 0.493 e. The van der Waals surface area contributed by atoms with E-state index in [-0.39, 0.29) is 24.0 Å². The van der Waals surface area contributed by atoms with E-state index in [1.165, 1.54) is 0 Å². The first kappa shape index (κ1) is 18.1. The Balaban J connectivity index is 0.00000324. The quantitative estimate of drug-likeness (QED) is 0.453. The number of rotatable bonds is 5. The van der Waals surface area contributed by atoms with Gasteiger partial charge in [-0.25, -0.2) is 0 Å². The van der Waals surface area contributed by atoms with Crippen LogP contribution in [0, 0.1) is 0 Å². The number of aliphatic imine (C=N–C) groups is 1. The highest BCUT2D eigenvalue weighted by Crippen LogP contribution is 2.36. The molecule has 0 spiro atoms. The Kier molecular flexibility index (Phi) is 8.66. The highest BCUT2D eigenvalue weighted by molar-refractivity contribution is 14.0. The molecular formula is C12H19ClIN3O2. The molecule has 0 atom stereocenters. The predicted molar refractivity (Wildman–Crippen MR) is 89.0 cm³/mol. The molecule has 3 N–H and O–H groups in total. The van der Waals surface area contributed by atoms with Crippen molar-refractivity contribution in [1.29, 1.82) is 0 Å². The second kappa shape index (κ2) is 9.08. The highest BCUT2D eigenvalue weighted by Gasteiger charge is 2.11. The molecule has 0 aliphatic carbocycles. The Morgan fingerprint density at radius 1 is 1.47 bits per heavy atom. The minimum atomic E-state index is 0. The number of hydrogen-bond donors (Lipinski definition) is 2. The molecule has 0 saturated carbocycles. The zero-order valence-electron chi connectivity index (χ0n) is 11.2. The summed E-state index contributed by atoms with van der Waals surface area (Å²) in [6, 6.07) is 3.66. The van der Waals surface area contributed by atoms with Crippen LogP contribution in [0.4, 0.5) is 0 Å². The van der Waals surface area contributed by atoms with Gasteiger partial charge < -0.3 is 20.5 Å². The van der Waals surface area contributed by atoms with Crippen LogP contribution in [0.3, 0.4) is 0 Å².